The van der Waals surface area contributed by atoms with Crippen LogP contribution >= 0.6 is 0 Å². The Labute approximate surface area is 640 Å². The van der Waals surface area contributed by atoms with Crippen LogP contribution in [0.4, 0.5) is 28.4 Å². The van der Waals surface area contributed by atoms with Gasteiger partial charge in [-0.25, -0.2) is 0 Å². The van der Waals surface area contributed by atoms with Gasteiger partial charge < -0.3 is 23.7 Å². The summed E-state index contributed by atoms with van der Waals surface area (Å²) in [6, 6.07) is 12.5. The molecule has 0 N–H and O–H groups in total. The molecular formula is C96H88B2N4O. The minimum absolute atomic E-state index is 0.00594. The Bertz CT molecular complexity index is 7100. The molecule has 0 spiro atoms. The van der Waals surface area contributed by atoms with Crippen LogP contribution in [0.5, 0.6) is 11.5 Å². The molecule has 3 aliphatic carbocycles. The van der Waals surface area contributed by atoms with Crippen molar-refractivity contribution in [2.24, 2.45) is 23.2 Å². The number of hydrogen-bond acceptors (Lipinski definition) is 3. The third-order valence-corrected chi connectivity index (χ3v) is 23.3. The number of allylic oxidation sites excluding steroid dienone is 4. The second kappa shape index (κ2) is 23.1. The van der Waals surface area contributed by atoms with Crippen molar-refractivity contribution in [1.29, 1.82) is 0 Å². The first kappa shape index (κ1) is 43.0. The largest absolute Gasteiger partial charge is 0.459 e. The van der Waals surface area contributed by atoms with E-state index in [0.717, 1.165) is 64.5 Å². The van der Waals surface area contributed by atoms with Crippen LogP contribution in [-0.4, -0.2) is 28.6 Å². The maximum Gasteiger partial charge on any atom is 0.256 e. The Morgan fingerprint density at radius 3 is 1.78 bits per heavy atom. The van der Waals surface area contributed by atoms with Crippen LogP contribution in [0.15, 0.2) is 259 Å². The quantitative estimate of drug-likeness (QED) is 0.117. The molecule has 0 amide bonds. The van der Waals surface area contributed by atoms with Crippen molar-refractivity contribution in [3.63, 3.8) is 0 Å². The molecule has 504 valence electrons. The van der Waals surface area contributed by atoms with Crippen LogP contribution in [0.25, 0.3) is 77.2 Å². The number of para-hydroxylation sites is 5. The molecule has 0 radical (unpaired) electrons. The predicted octanol–water partition coefficient (Wildman–Crippen LogP) is 21.3. The minimum Gasteiger partial charge on any atom is -0.459 e. The van der Waals surface area contributed by atoms with Gasteiger partial charge in [0.05, 0.1) is 59.8 Å². The van der Waals surface area contributed by atoms with Gasteiger partial charge in [0.2, 0.25) is 0 Å². The number of hydrogen-bond donors (Lipinski definition) is 0. The number of aromatic nitrogens is 2. The molecule has 20 rings (SSSR count). The molecule has 0 saturated heterocycles. The molecule has 0 fully saturated rings. The van der Waals surface area contributed by atoms with Crippen molar-refractivity contribution in [3.05, 3.63) is 270 Å². The number of anilines is 5. The Kier molecular flexibility index (Phi) is 9.66. The highest BCUT2D eigenvalue weighted by Crippen LogP contribution is 2.57. The average molecular weight is 1360 g/mol. The van der Waals surface area contributed by atoms with Crippen LogP contribution in [0, 0.1) is 23.2 Å². The Morgan fingerprint density at radius 1 is 0.515 bits per heavy atom. The minimum atomic E-state index is -1.67. The number of rotatable bonds is 7. The second-order valence-corrected chi connectivity index (χ2v) is 32.2. The topological polar surface area (TPSA) is 25.6 Å². The van der Waals surface area contributed by atoms with Gasteiger partial charge in [0, 0.05) is 78.2 Å². The number of benzene rings is 11. The predicted molar refractivity (Wildman–Crippen MR) is 438 cm³/mol. The summed E-state index contributed by atoms with van der Waals surface area (Å²) in [5.41, 5.74) is 4.69. The van der Waals surface area contributed by atoms with E-state index in [4.69, 9.17) is 4.74 Å². The number of ether oxygens (including phenoxy) is 1. The van der Waals surface area contributed by atoms with Crippen molar-refractivity contribution in [3.8, 4) is 45.1 Å². The average Bonchev–Trinajstić information content (AvgIpc) is 1.25. The van der Waals surface area contributed by atoms with Gasteiger partial charge in [0.1, 0.15) is 11.5 Å². The molecule has 7 heteroatoms. The fourth-order valence-electron chi connectivity index (χ4n) is 18.2. The molecule has 0 bridgehead atoms. The summed E-state index contributed by atoms with van der Waals surface area (Å²) in [6.07, 6.45) is 15.2. The summed E-state index contributed by atoms with van der Waals surface area (Å²) in [6.45, 7) is 16.2. The van der Waals surface area contributed by atoms with E-state index in [1.807, 2.05) is 60.7 Å². The summed E-state index contributed by atoms with van der Waals surface area (Å²) < 4.78 is 244. The molecule has 103 heavy (non-hydrogen) atoms. The fourth-order valence-corrected chi connectivity index (χ4v) is 18.2. The van der Waals surface area contributed by atoms with Gasteiger partial charge in [-0.1, -0.05) is 250 Å². The van der Waals surface area contributed by atoms with Gasteiger partial charge >= 0.3 is 0 Å². The van der Waals surface area contributed by atoms with E-state index in [1.165, 1.54) is 10.1 Å². The second-order valence-electron chi connectivity index (χ2n) is 32.2. The van der Waals surface area contributed by atoms with Crippen molar-refractivity contribution in [1.82, 2.24) is 9.13 Å². The molecule has 7 aliphatic rings. The van der Waals surface area contributed by atoms with Crippen molar-refractivity contribution >= 4 is 118 Å². The fraction of sp³-hybridized carbons (Fsp3) is 0.250. The molecule has 6 heterocycles. The third kappa shape index (κ3) is 9.52. The molecule has 2 aromatic heterocycles. The van der Waals surface area contributed by atoms with E-state index in [0.29, 0.717) is 52.9 Å². The van der Waals surface area contributed by atoms with E-state index in [1.54, 1.807) is 0 Å². The highest BCUT2D eigenvalue weighted by Gasteiger charge is 2.54. The van der Waals surface area contributed by atoms with Crippen LogP contribution in [0.1, 0.15) is 156 Å². The first-order valence-corrected chi connectivity index (χ1v) is 36.4. The molecule has 4 unspecified atom stereocenters. The first-order valence-electron chi connectivity index (χ1n) is 47.9. The van der Waals surface area contributed by atoms with Gasteiger partial charge in [-0.15, -0.1) is 0 Å². The van der Waals surface area contributed by atoms with Gasteiger partial charge in [0.15, 0.2) is 0 Å². The van der Waals surface area contributed by atoms with Gasteiger partial charge in [-0.2, -0.15) is 0 Å². The molecule has 4 atom stereocenters. The monoisotopic (exact) mass is 1360 g/mol. The highest BCUT2D eigenvalue weighted by molar-refractivity contribution is 7.03. The van der Waals surface area contributed by atoms with Gasteiger partial charge in [0.25, 0.3) is 13.4 Å². The van der Waals surface area contributed by atoms with Gasteiger partial charge in [-0.05, 0) is 207 Å². The molecule has 13 aromatic rings. The smallest absolute Gasteiger partial charge is 0.256 e. The number of fused-ring (bicyclic) bond motifs is 15. The zero-order chi connectivity index (χ0) is 89.5. The molecule has 0 saturated carbocycles. The first-order chi connectivity index (χ1) is 59.6. The van der Waals surface area contributed by atoms with Crippen LogP contribution < -0.4 is 47.3 Å². The van der Waals surface area contributed by atoms with Gasteiger partial charge in [-0.3, -0.25) is 0 Å². The third-order valence-electron chi connectivity index (χ3n) is 23.3. The van der Waals surface area contributed by atoms with Crippen LogP contribution in [-0.2, 0) is 10.8 Å². The number of nitrogens with zero attached hydrogens (tertiary/aromatic N) is 4. The normalized spacial score (nSPS) is 22.0. The maximum absolute atomic E-state index is 12.3. The summed E-state index contributed by atoms with van der Waals surface area (Å²) in [4.78, 5) is 4.26. The molecule has 4 aliphatic heterocycles. The van der Waals surface area contributed by atoms with E-state index in [-0.39, 0.29) is 117 Å². The van der Waals surface area contributed by atoms with Crippen LogP contribution in [0.2, 0.25) is 0 Å². The summed E-state index contributed by atoms with van der Waals surface area (Å²) >= 11 is 0. The zero-order valence-electron chi connectivity index (χ0n) is 82.2. The summed E-state index contributed by atoms with van der Waals surface area (Å²) in [5.74, 6) is -1.21. The van der Waals surface area contributed by atoms with Crippen molar-refractivity contribution < 1.29 is 36.3 Å². The van der Waals surface area contributed by atoms with Crippen molar-refractivity contribution in [2.75, 3.05) is 9.80 Å². The van der Waals surface area contributed by atoms with Crippen LogP contribution in [0.3, 0.4) is 0 Å². The Balaban J connectivity index is 1.08. The summed E-state index contributed by atoms with van der Waals surface area (Å²) in [7, 11) is 0. The summed E-state index contributed by atoms with van der Waals surface area (Å²) in [5, 5.41) is -1.04. The zero-order valence-corrected chi connectivity index (χ0v) is 59.2. The molecule has 11 aromatic carbocycles. The lowest BCUT2D eigenvalue weighted by Crippen LogP contribution is -2.66. The highest BCUT2D eigenvalue weighted by atomic mass is 16.5. The van der Waals surface area contributed by atoms with E-state index in [2.05, 4.69) is 121 Å². The van der Waals surface area contributed by atoms with E-state index < -0.39 is 181 Å². The Morgan fingerprint density at radius 2 is 1.13 bits per heavy atom. The lowest BCUT2D eigenvalue weighted by atomic mass is 9.30. The maximum atomic E-state index is 12.3. The van der Waals surface area contributed by atoms with E-state index in [9.17, 15) is 31.5 Å². The Hall–Kier alpha value is -10.2. The molecule has 5 nitrogen and oxygen atoms in total. The lowest BCUT2D eigenvalue weighted by Gasteiger charge is -2.53. The SMILES string of the molecule is [2H]c1c([2H])c([2H])c2c(c1[2H])Oc1c3c(c([2H])c4c1B2c1c([2H])c([2H])c([2H])c2c5c([2H])c([2H])c([2H])c([2H])c5n-4c12)N(c1c(-c2ccccc2)cc(C(C)(C)C)cc1-c1ccccc1)c1cc(C(C)(C)C)cc2c1B3c1c([2H])c([2H])c(-n3c4c([2H])c([2H])c([2H])c([2H])c4c4c([2H])c([2H])c([2H])c([2H])c43)c([2H])c1N2C1C(C2CC=CCC2)=CC(C(C)(C)C)CC1C1=CCCCC1. The van der Waals surface area contributed by atoms with E-state index >= 15 is 0 Å². The molecular weight excluding hydrogens is 1250 g/mol. The van der Waals surface area contributed by atoms with Crippen molar-refractivity contribution in [2.45, 2.75) is 131 Å². The standard InChI is InChI=1S/C96H88B2N4O/c1-94(2,3)63-51-71(59-31-14-10-15-32-59)90(72(52-63)60-33-16-11-17-34-60)101-81-57-66(99-78-45-26-22-39-67(78)68-40-23-27-46-79(68)99)49-50-75(81)98-87-82(101)55-65(96(7,8)9)56-83(87)102(91-73(61-35-18-12-19-36-61)53-64(95(4,5)6)54-74(91)62-37-20-13-21-38-62)85-58-84-88-93(89(85)98)103-86-48-29-25-43-76(86)97(88)77-44-30-42-70-69-41-24-28-47-80(69)100(84)92(70)77/h10,12-14,18-30,33,35-51,53-59,63,72,90H,11,15-17,31-32,34,52H2,1-9H3/i22D,23D,24D,25D,26D,27D,28D,29D,30D,39D,40D,41D,42D,43D,44D,45D,46D,47D,48D,49D,50D,57D,58D. The lowest BCUT2D eigenvalue weighted by molar-refractivity contribution is 0.220.